The van der Waals surface area contributed by atoms with Gasteiger partial charge in [0.25, 0.3) is 11.6 Å². The van der Waals surface area contributed by atoms with Crippen LogP contribution in [0.3, 0.4) is 0 Å². The van der Waals surface area contributed by atoms with Gasteiger partial charge in [0.2, 0.25) is 0 Å². The summed E-state index contributed by atoms with van der Waals surface area (Å²) in [5.41, 5.74) is 2.80. The van der Waals surface area contributed by atoms with Crippen molar-refractivity contribution < 1.29 is 9.72 Å². The highest BCUT2D eigenvalue weighted by Gasteiger charge is 2.21. The summed E-state index contributed by atoms with van der Waals surface area (Å²) in [7, 11) is 0. The fraction of sp³-hybridized carbons (Fsp3) is 0.0500. The van der Waals surface area contributed by atoms with E-state index in [-0.39, 0.29) is 17.6 Å². The summed E-state index contributed by atoms with van der Waals surface area (Å²) in [6, 6.07) is 13.3. The van der Waals surface area contributed by atoms with E-state index in [0.29, 0.717) is 21.5 Å². The third-order valence-corrected chi connectivity index (χ3v) is 5.43. The van der Waals surface area contributed by atoms with E-state index < -0.39 is 4.92 Å². The second-order valence-corrected chi connectivity index (χ2v) is 7.42. The molecule has 0 spiro atoms. The maximum absolute atomic E-state index is 13.0. The number of amides is 1. The number of hydrogen-bond acceptors (Lipinski definition) is 4. The van der Waals surface area contributed by atoms with Gasteiger partial charge in [-0.1, -0.05) is 23.7 Å². The number of non-ortho nitro benzene ring substituents is 1. The third-order valence-electron chi connectivity index (χ3n) is 4.48. The van der Waals surface area contributed by atoms with Gasteiger partial charge < -0.3 is 10.3 Å². The lowest BCUT2D eigenvalue weighted by Crippen LogP contribution is -2.28. The lowest BCUT2D eigenvalue weighted by Gasteiger charge is -2.18. The van der Waals surface area contributed by atoms with Gasteiger partial charge in [0.15, 0.2) is 0 Å². The number of nitrogens with one attached hydrogen (secondary N) is 2. The first kappa shape index (κ1) is 18.2. The van der Waals surface area contributed by atoms with Crippen molar-refractivity contribution in [3.8, 4) is 0 Å². The van der Waals surface area contributed by atoms with Crippen LogP contribution in [0.15, 0.2) is 65.5 Å². The minimum Gasteiger partial charge on any atom is -0.360 e. The monoisotopic (exact) mass is 411 g/mol. The SMILES string of the molecule is O=C(NC(c1ccc(Cl)cc1)c1ccsc1)c1c[nH]c2ccc([N+](=O)[O-])cc12. The number of aromatic amines is 1. The van der Waals surface area contributed by atoms with Crippen LogP contribution in [0.2, 0.25) is 5.02 Å². The smallest absolute Gasteiger partial charge is 0.270 e. The molecule has 2 aromatic carbocycles. The quantitative estimate of drug-likeness (QED) is 0.344. The maximum Gasteiger partial charge on any atom is 0.270 e. The molecule has 2 aromatic heterocycles. The lowest BCUT2D eigenvalue weighted by atomic mass is 10.0. The number of fused-ring (bicyclic) bond motifs is 1. The molecule has 28 heavy (non-hydrogen) atoms. The Hall–Kier alpha value is -3.16. The summed E-state index contributed by atoms with van der Waals surface area (Å²) in [6.07, 6.45) is 1.57. The number of nitro benzene ring substituents is 1. The second kappa shape index (κ2) is 7.46. The normalized spacial score (nSPS) is 12.0. The first-order valence-electron chi connectivity index (χ1n) is 8.37. The van der Waals surface area contributed by atoms with E-state index in [1.807, 2.05) is 29.0 Å². The number of nitro groups is 1. The zero-order valence-electron chi connectivity index (χ0n) is 14.4. The summed E-state index contributed by atoms with van der Waals surface area (Å²) in [6.45, 7) is 0. The van der Waals surface area contributed by atoms with Gasteiger partial charge in [-0.3, -0.25) is 14.9 Å². The van der Waals surface area contributed by atoms with Crippen molar-refractivity contribution in [2.75, 3.05) is 0 Å². The average molecular weight is 412 g/mol. The van der Waals surface area contributed by atoms with Crippen molar-refractivity contribution in [2.24, 2.45) is 0 Å². The molecule has 2 N–H and O–H groups in total. The van der Waals surface area contributed by atoms with E-state index in [2.05, 4.69) is 10.3 Å². The van der Waals surface area contributed by atoms with E-state index in [4.69, 9.17) is 11.6 Å². The fourth-order valence-corrected chi connectivity index (χ4v) is 3.88. The minimum atomic E-state index is -0.476. The summed E-state index contributed by atoms with van der Waals surface area (Å²) in [5, 5.41) is 19.1. The molecule has 1 amide bonds. The van der Waals surface area contributed by atoms with Crippen LogP contribution >= 0.6 is 22.9 Å². The van der Waals surface area contributed by atoms with Crippen LogP contribution < -0.4 is 5.32 Å². The summed E-state index contributed by atoms with van der Waals surface area (Å²) in [4.78, 5) is 26.6. The van der Waals surface area contributed by atoms with E-state index >= 15 is 0 Å². The van der Waals surface area contributed by atoms with Crippen LogP contribution in [0.4, 0.5) is 5.69 Å². The van der Waals surface area contributed by atoms with Crippen molar-refractivity contribution in [2.45, 2.75) is 6.04 Å². The van der Waals surface area contributed by atoms with Crippen molar-refractivity contribution in [3.05, 3.63) is 97.3 Å². The molecule has 0 saturated carbocycles. The topological polar surface area (TPSA) is 88.0 Å². The van der Waals surface area contributed by atoms with Crippen LogP contribution in [-0.2, 0) is 0 Å². The summed E-state index contributed by atoms with van der Waals surface area (Å²) >= 11 is 7.53. The Morgan fingerprint density at radius 2 is 1.93 bits per heavy atom. The molecule has 0 radical (unpaired) electrons. The molecule has 0 aliphatic rings. The number of thiophene rings is 1. The number of aromatic nitrogens is 1. The van der Waals surface area contributed by atoms with Gasteiger partial charge >= 0.3 is 0 Å². The summed E-state index contributed by atoms with van der Waals surface area (Å²) in [5.74, 6) is -0.321. The molecule has 1 atom stereocenters. The summed E-state index contributed by atoms with van der Waals surface area (Å²) < 4.78 is 0. The minimum absolute atomic E-state index is 0.0618. The molecule has 0 aliphatic carbocycles. The maximum atomic E-state index is 13.0. The molecule has 0 fully saturated rings. The van der Waals surface area contributed by atoms with Gasteiger partial charge in [0.1, 0.15) is 0 Å². The number of carbonyl (C=O) groups is 1. The van der Waals surface area contributed by atoms with E-state index in [1.165, 1.54) is 23.5 Å². The molecule has 6 nitrogen and oxygen atoms in total. The molecular weight excluding hydrogens is 398 g/mol. The first-order valence-corrected chi connectivity index (χ1v) is 9.69. The van der Waals surface area contributed by atoms with Crippen molar-refractivity contribution >= 4 is 45.4 Å². The highest BCUT2D eigenvalue weighted by Crippen LogP contribution is 2.28. The zero-order chi connectivity index (χ0) is 19.7. The standard InChI is InChI=1S/C20H14ClN3O3S/c21-14-3-1-12(2-4-14)19(13-7-8-28-11-13)23-20(25)17-10-22-18-6-5-15(24(26)27)9-16(17)18/h1-11,19,22H,(H,23,25). The molecule has 4 aromatic rings. The first-order chi connectivity index (χ1) is 13.5. The van der Waals surface area contributed by atoms with Gasteiger partial charge in [-0.05, 0) is 46.2 Å². The second-order valence-electron chi connectivity index (χ2n) is 6.20. The Morgan fingerprint density at radius 1 is 1.14 bits per heavy atom. The number of rotatable bonds is 5. The fourth-order valence-electron chi connectivity index (χ4n) is 3.07. The molecular formula is C20H14ClN3O3S. The van der Waals surface area contributed by atoms with Gasteiger partial charge in [0, 0.05) is 34.3 Å². The van der Waals surface area contributed by atoms with Crippen molar-refractivity contribution in [3.63, 3.8) is 0 Å². The highest BCUT2D eigenvalue weighted by molar-refractivity contribution is 7.08. The number of halogens is 1. The number of benzene rings is 2. The predicted molar refractivity (Wildman–Crippen MR) is 110 cm³/mol. The molecule has 2 heterocycles. The zero-order valence-corrected chi connectivity index (χ0v) is 16.0. The van der Waals surface area contributed by atoms with Gasteiger partial charge in [-0.25, -0.2) is 0 Å². The number of carbonyl (C=O) groups excluding carboxylic acids is 1. The Kier molecular flexibility index (Phi) is 4.85. The van der Waals surface area contributed by atoms with Crippen LogP contribution in [0.1, 0.15) is 27.5 Å². The van der Waals surface area contributed by atoms with Crippen molar-refractivity contribution in [1.29, 1.82) is 0 Å². The van der Waals surface area contributed by atoms with E-state index in [9.17, 15) is 14.9 Å². The van der Waals surface area contributed by atoms with Gasteiger partial charge in [-0.15, -0.1) is 0 Å². The third kappa shape index (κ3) is 3.49. The Balaban J connectivity index is 1.70. The molecule has 8 heteroatoms. The Bertz CT molecular complexity index is 1150. The predicted octanol–water partition coefficient (Wildman–Crippen LogP) is 5.31. The molecule has 0 bridgehead atoms. The molecule has 0 saturated heterocycles. The lowest BCUT2D eigenvalue weighted by molar-refractivity contribution is -0.384. The number of hydrogen-bond donors (Lipinski definition) is 2. The highest BCUT2D eigenvalue weighted by atomic mass is 35.5. The average Bonchev–Trinajstić information content (AvgIpc) is 3.36. The molecule has 4 rings (SSSR count). The van der Waals surface area contributed by atoms with Crippen LogP contribution in [-0.4, -0.2) is 15.8 Å². The number of H-pyrrole nitrogens is 1. The van der Waals surface area contributed by atoms with Crippen LogP contribution in [0, 0.1) is 10.1 Å². The van der Waals surface area contributed by atoms with Gasteiger partial charge in [0.05, 0.1) is 16.5 Å². The van der Waals surface area contributed by atoms with Gasteiger partial charge in [-0.2, -0.15) is 11.3 Å². The largest absolute Gasteiger partial charge is 0.360 e. The Morgan fingerprint density at radius 3 is 2.61 bits per heavy atom. The van der Waals surface area contributed by atoms with E-state index in [1.54, 1.807) is 24.4 Å². The van der Waals surface area contributed by atoms with Crippen molar-refractivity contribution in [1.82, 2.24) is 10.3 Å². The number of nitrogens with zero attached hydrogens (tertiary/aromatic N) is 1. The Labute approximate surface area is 168 Å². The van der Waals surface area contributed by atoms with Crippen LogP contribution in [0.5, 0.6) is 0 Å². The molecule has 140 valence electrons. The van der Waals surface area contributed by atoms with Crippen LogP contribution in [0.25, 0.3) is 10.9 Å². The van der Waals surface area contributed by atoms with E-state index in [0.717, 1.165) is 11.1 Å². The molecule has 1 unspecified atom stereocenters. The molecule has 0 aliphatic heterocycles.